The SMILES string of the molecule is Cc1sccc1[C@H]1CCCN1. The minimum atomic E-state index is 0.654. The maximum Gasteiger partial charge on any atom is 0.0331 e. The molecule has 1 aromatic heterocycles. The molecule has 0 aliphatic carbocycles. The molecule has 1 atom stereocenters. The molecule has 0 bridgehead atoms. The van der Waals surface area contributed by atoms with E-state index in [1.165, 1.54) is 29.8 Å². The zero-order valence-electron chi connectivity index (χ0n) is 6.76. The second-order valence-corrected chi connectivity index (χ2v) is 4.20. The summed E-state index contributed by atoms with van der Waals surface area (Å²) in [6.45, 7) is 3.40. The van der Waals surface area contributed by atoms with E-state index in [1.807, 2.05) is 11.3 Å². The number of hydrogen-bond donors (Lipinski definition) is 1. The molecule has 1 nitrogen and oxygen atoms in total. The molecule has 1 N–H and O–H groups in total. The van der Waals surface area contributed by atoms with Gasteiger partial charge in [0.15, 0.2) is 0 Å². The fourth-order valence-corrected chi connectivity index (χ4v) is 2.47. The maximum absolute atomic E-state index is 3.51. The lowest BCUT2D eigenvalue weighted by molar-refractivity contribution is 0.647. The van der Waals surface area contributed by atoms with Crippen LogP contribution in [0.1, 0.15) is 29.3 Å². The Balaban J connectivity index is 2.21. The van der Waals surface area contributed by atoms with Gasteiger partial charge in [0.2, 0.25) is 0 Å². The van der Waals surface area contributed by atoms with Crippen molar-refractivity contribution in [1.82, 2.24) is 5.32 Å². The standard InChI is InChI=1S/C9H13NS/c1-7-8(4-6-11-7)9-3-2-5-10-9/h4,6,9-10H,2-3,5H2,1H3/t9-/m1/s1. The van der Waals surface area contributed by atoms with Gasteiger partial charge in [-0.1, -0.05) is 0 Å². The van der Waals surface area contributed by atoms with Gasteiger partial charge in [-0.2, -0.15) is 0 Å². The van der Waals surface area contributed by atoms with Crippen molar-refractivity contribution in [1.29, 1.82) is 0 Å². The van der Waals surface area contributed by atoms with Crippen LogP contribution in [0.4, 0.5) is 0 Å². The van der Waals surface area contributed by atoms with Gasteiger partial charge in [-0.3, -0.25) is 0 Å². The van der Waals surface area contributed by atoms with Gasteiger partial charge in [-0.25, -0.2) is 0 Å². The van der Waals surface area contributed by atoms with Crippen LogP contribution < -0.4 is 5.32 Å². The molecule has 2 heteroatoms. The number of nitrogens with one attached hydrogen (secondary N) is 1. The summed E-state index contributed by atoms with van der Waals surface area (Å²) >= 11 is 1.85. The summed E-state index contributed by atoms with van der Waals surface area (Å²) in [7, 11) is 0. The number of hydrogen-bond acceptors (Lipinski definition) is 2. The van der Waals surface area contributed by atoms with Crippen LogP contribution in [0.3, 0.4) is 0 Å². The fourth-order valence-electron chi connectivity index (χ4n) is 1.71. The fraction of sp³-hybridized carbons (Fsp3) is 0.556. The molecule has 2 rings (SSSR count). The van der Waals surface area contributed by atoms with Gasteiger partial charge in [-0.05, 0) is 43.3 Å². The van der Waals surface area contributed by atoms with E-state index in [9.17, 15) is 0 Å². The normalized spacial score (nSPS) is 24.3. The first-order chi connectivity index (χ1) is 5.38. The molecule has 0 saturated carbocycles. The smallest absolute Gasteiger partial charge is 0.0331 e. The Morgan fingerprint density at radius 2 is 2.55 bits per heavy atom. The van der Waals surface area contributed by atoms with Gasteiger partial charge < -0.3 is 5.32 Å². The molecule has 2 heterocycles. The van der Waals surface area contributed by atoms with Crippen LogP contribution in [0.5, 0.6) is 0 Å². The average Bonchev–Trinajstić information content (AvgIpc) is 2.55. The Hall–Kier alpha value is -0.340. The highest BCUT2D eigenvalue weighted by molar-refractivity contribution is 7.10. The van der Waals surface area contributed by atoms with Crippen LogP contribution in [0.25, 0.3) is 0 Å². The summed E-state index contributed by atoms with van der Waals surface area (Å²) in [6.07, 6.45) is 2.65. The second kappa shape index (κ2) is 2.95. The molecule has 0 aromatic carbocycles. The van der Waals surface area contributed by atoms with E-state index in [-0.39, 0.29) is 0 Å². The van der Waals surface area contributed by atoms with Crippen molar-refractivity contribution in [3.8, 4) is 0 Å². The highest BCUT2D eigenvalue weighted by Crippen LogP contribution is 2.28. The van der Waals surface area contributed by atoms with E-state index in [1.54, 1.807) is 0 Å². The lowest BCUT2D eigenvalue weighted by Crippen LogP contribution is -2.12. The van der Waals surface area contributed by atoms with Crippen molar-refractivity contribution in [3.63, 3.8) is 0 Å². The lowest BCUT2D eigenvalue weighted by atomic mass is 10.1. The van der Waals surface area contributed by atoms with Crippen molar-refractivity contribution < 1.29 is 0 Å². The van der Waals surface area contributed by atoms with Crippen molar-refractivity contribution >= 4 is 11.3 Å². The summed E-state index contributed by atoms with van der Waals surface area (Å²) < 4.78 is 0. The average molecular weight is 167 g/mol. The zero-order chi connectivity index (χ0) is 7.68. The van der Waals surface area contributed by atoms with Crippen LogP contribution in [0.15, 0.2) is 11.4 Å². The third-order valence-electron chi connectivity index (χ3n) is 2.33. The maximum atomic E-state index is 3.51. The third-order valence-corrected chi connectivity index (χ3v) is 3.20. The molecule has 1 fully saturated rings. The molecule has 1 aliphatic rings. The van der Waals surface area contributed by atoms with Crippen LogP contribution >= 0.6 is 11.3 Å². The quantitative estimate of drug-likeness (QED) is 0.677. The Morgan fingerprint density at radius 1 is 1.64 bits per heavy atom. The van der Waals surface area contributed by atoms with Crippen LogP contribution in [0.2, 0.25) is 0 Å². The topological polar surface area (TPSA) is 12.0 Å². The monoisotopic (exact) mass is 167 g/mol. The predicted molar refractivity (Wildman–Crippen MR) is 49.0 cm³/mol. The first-order valence-electron chi connectivity index (χ1n) is 4.15. The van der Waals surface area contributed by atoms with Gasteiger partial charge >= 0.3 is 0 Å². The van der Waals surface area contributed by atoms with E-state index >= 15 is 0 Å². The van der Waals surface area contributed by atoms with Crippen molar-refractivity contribution in [2.75, 3.05) is 6.54 Å². The molecule has 0 spiro atoms. The minimum Gasteiger partial charge on any atom is -0.310 e. The molecule has 0 amide bonds. The summed E-state index contributed by atoms with van der Waals surface area (Å²) in [6, 6.07) is 2.91. The van der Waals surface area contributed by atoms with Gasteiger partial charge in [-0.15, -0.1) is 11.3 Å². The molecule has 0 radical (unpaired) electrons. The highest BCUT2D eigenvalue weighted by Gasteiger charge is 2.17. The molecule has 11 heavy (non-hydrogen) atoms. The molecule has 1 aliphatic heterocycles. The van der Waals surface area contributed by atoms with Crippen molar-refractivity contribution in [2.45, 2.75) is 25.8 Å². The van der Waals surface area contributed by atoms with Gasteiger partial charge in [0.05, 0.1) is 0 Å². The van der Waals surface area contributed by atoms with E-state index in [4.69, 9.17) is 0 Å². The molecule has 1 saturated heterocycles. The van der Waals surface area contributed by atoms with Gasteiger partial charge in [0.1, 0.15) is 0 Å². The zero-order valence-corrected chi connectivity index (χ0v) is 7.58. The Kier molecular flexibility index (Phi) is 1.96. The Bertz CT molecular complexity index is 235. The third kappa shape index (κ3) is 1.33. The van der Waals surface area contributed by atoms with Crippen LogP contribution in [0, 0.1) is 6.92 Å². The first-order valence-corrected chi connectivity index (χ1v) is 5.03. The van der Waals surface area contributed by atoms with Crippen molar-refractivity contribution in [3.05, 3.63) is 21.9 Å². The summed E-state index contributed by atoms with van der Waals surface area (Å²) in [4.78, 5) is 1.48. The van der Waals surface area contributed by atoms with E-state index in [0.717, 1.165) is 0 Å². The summed E-state index contributed by atoms with van der Waals surface area (Å²) in [5, 5.41) is 5.69. The van der Waals surface area contributed by atoms with Crippen LogP contribution in [-0.2, 0) is 0 Å². The largest absolute Gasteiger partial charge is 0.310 e. The van der Waals surface area contributed by atoms with E-state index in [0.29, 0.717) is 6.04 Å². The van der Waals surface area contributed by atoms with Gasteiger partial charge in [0, 0.05) is 10.9 Å². The van der Waals surface area contributed by atoms with Crippen molar-refractivity contribution in [2.24, 2.45) is 0 Å². The number of thiophene rings is 1. The summed E-state index contributed by atoms with van der Waals surface area (Å²) in [5.41, 5.74) is 1.52. The number of aryl methyl sites for hydroxylation is 1. The summed E-state index contributed by atoms with van der Waals surface area (Å²) in [5.74, 6) is 0. The molecule has 1 aromatic rings. The Morgan fingerprint density at radius 3 is 3.09 bits per heavy atom. The second-order valence-electron chi connectivity index (χ2n) is 3.08. The molecular formula is C9H13NS. The predicted octanol–water partition coefficient (Wildman–Crippen LogP) is 2.48. The first kappa shape index (κ1) is 7.32. The number of rotatable bonds is 1. The molecule has 0 unspecified atom stereocenters. The molecule has 60 valence electrons. The van der Waals surface area contributed by atoms with Crippen LogP contribution in [-0.4, -0.2) is 6.54 Å². The highest BCUT2D eigenvalue weighted by atomic mass is 32.1. The minimum absolute atomic E-state index is 0.654. The van der Waals surface area contributed by atoms with E-state index in [2.05, 4.69) is 23.7 Å². The molecular weight excluding hydrogens is 154 g/mol. The lowest BCUT2D eigenvalue weighted by Gasteiger charge is -2.08. The van der Waals surface area contributed by atoms with E-state index < -0.39 is 0 Å². The van der Waals surface area contributed by atoms with Gasteiger partial charge in [0.25, 0.3) is 0 Å². The Labute approximate surface area is 71.4 Å².